The number of nitro groups is 1. The number of rotatable bonds is 3. The van der Waals surface area contributed by atoms with Crippen molar-refractivity contribution in [1.82, 2.24) is 4.98 Å². The summed E-state index contributed by atoms with van der Waals surface area (Å²) in [4.78, 5) is 14.5. The highest BCUT2D eigenvalue weighted by molar-refractivity contribution is 5.57. The number of fused-ring (bicyclic) bond motifs is 1. The Kier molecular flexibility index (Phi) is 3.39. The van der Waals surface area contributed by atoms with E-state index in [-0.39, 0.29) is 23.4 Å². The first kappa shape index (κ1) is 13.3. The van der Waals surface area contributed by atoms with Gasteiger partial charge in [0.2, 0.25) is 5.82 Å². The molecule has 108 valence electrons. The quantitative estimate of drug-likeness (QED) is 0.694. The second kappa shape index (κ2) is 5.35. The number of benzene rings is 1. The molecule has 2 heterocycles. The number of hydrogen-bond donors (Lipinski definition) is 1. The fourth-order valence-corrected chi connectivity index (χ4v) is 2.34. The summed E-state index contributed by atoms with van der Waals surface area (Å²) in [5.41, 5.74) is 0.531. The second-order valence-electron chi connectivity index (χ2n) is 4.64. The molecular formula is C14H12FN3O3. The number of hydrogen-bond acceptors (Lipinski definition) is 5. The summed E-state index contributed by atoms with van der Waals surface area (Å²) in [7, 11) is 0. The van der Waals surface area contributed by atoms with Crippen molar-refractivity contribution < 1.29 is 14.1 Å². The van der Waals surface area contributed by atoms with E-state index in [1.54, 1.807) is 6.07 Å². The van der Waals surface area contributed by atoms with Gasteiger partial charge in [-0.3, -0.25) is 10.1 Å². The molecule has 0 spiro atoms. The molecule has 0 radical (unpaired) electrons. The van der Waals surface area contributed by atoms with E-state index in [9.17, 15) is 14.5 Å². The maximum absolute atomic E-state index is 13.4. The van der Waals surface area contributed by atoms with Gasteiger partial charge in [-0.25, -0.2) is 9.37 Å². The smallest absolute Gasteiger partial charge is 0.311 e. The number of anilines is 1. The molecule has 1 aromatic carbocycles. The van der Waals surface area contributed by atoms with Gasteiger partial charge in [0.05, 0.1) is 17.6 Å². The summed E-state index contributed by atoms with van der Waals surface area (Å²) in [6.07, 6.45) is 2.05. The van der Waals surface area contributed by atoms with Crippen molar-refractivity contribution in [2.45, 2.75) is 12.5 Å². The average Bonchev–Trinajstić information content (AvgIpc) is 2.48. The minimum atomic E-state index is -0.499. The third-order valence-corrected chi connectivity index (χ3v) is 3.31. The summed E-state index contributed by atoms with van der Waals surface area (Å²) in [6.45, 7) is 0.455. The lowest BCUT2D eigenvalue weighted by Crippen LogP contribution is -2.21. The minimum absolute atomic E-state index is 0.109. The van der Waals surface area contributed by atoms with Crippen LogP contribution in [0.1, 0.15) is 18.0 Å². The number of halogens is 1. The molecular weight excluding hydrogens is 277 g/mol. The van der Waals surface area contributed by atoms with E-state index in [1.807, 2.05) is 0 Å². The van der Waals surface area contributed by atoms with Gasteiger partial charge in [-0.1, -0.05) is 0 Å². The highest BCUT2D eigenvalue weighted by Crippen LogP contribution is 2.36. The summed E-state index contributed by atoms with van der Waals surface area (Å²) in [5, 5.41) is 14.0. The number of nitrogens with one attached hydrogen (secondary N) is 1. The van der Waals surface area contributed by atoms with E-state index in [1.165, 1.54) is 30.5 Å². The third-order valence-electron chi connectivity index (χ3n) is 3.31. The maximum Gasteiger partial charge on any atom is 0.311 e. The molecule has 0 amide bonds. The van der Waals surface area contributed by atoms with Gasteiger partial charge in [0, 0.05) is 24.2 Å². The van der Waals surface area contributed by atoms with Gasteiger partial charge in [0.1, 0.15) is 11.6 Å². The molecule has 1 N–H and O–H groups in total. The Labute approximate surface area is 119 Å². The molecule has 3 rings (SSSR count). The molecule has 0 saturated carbocycles. The first-order valence-electron chi connectivity index (χ1n) is 6.43. The van der Waals surface area contributed by atoms with Crippen molar-refractivity contribution in [3.05, 3.63) is 58.0 Å². The topological polar surface area (TPSA) is 77.3 Å². The molecule has 0 bridgehead atoms. The zero-order valence-electron chi connectivity index (χ0n) is 11.0. The zero-order valence-corrected chi connectivity index (χ0v) is 11.0. The SMILES string of the molecule is O=[N+]([O-])c1cccnc1NC1CCOc2ccc(F)cc21. The zero-order chi connectivity index (χ0) is 14.8. The Morgan fingerprint density at radius 3 is 3.10 bits per heavy atom. The van der Waals surface area contributed by atoms with Gasteiger partial charge >= 0.3 is 5.69 Å². The van der Waals surface area contributed by atoms with E-state index in [2.05, 4.69) is 10.3 Å². The summed E-state index contributed by atoms with van der Waals surface area (Å²) in [6, 6.07) is 6.86. The molecule has 1 unspecified atom stereocenters. The van der Waals surface area contributed by atoms with Gasteiger partial charge in [-0.2, -0.15) is 0 Å². The fourth-order valence-electron chi connectivity index (χ4n) is 2.34. The largest absolute Gasteiger partial charge is 0.493 e. The minimum Gasteiger partial charge on any atom is -0.493 e. The van der Waals surface area contributed by atoms with Gasteiger partial charge < -0.3 is 10.1 Å². The standard InChI is InChI=1S/C14H12FN3O3/c15-9-3-4-13-10(8-9)11(5-7-21-13)17-14-12(18(19)20)2-1-6-16-14/h1-4,6,8,11H,5,7H2,(H,16,17). The van der Waals surface area contributed by atoms with Crippen LogP contribution in [0.5, 0.6) is 5.75 Å². The molecule has 6 nitrogen and oxygen atoms in total. The highest BCUT2D eigenvalue weighted by Gasteiger charge is 2.25. The van der Waals surface area contributed by atoms with Crippen LogP contribution >= 0.6 is 0 Å². The number of nitrogens with zero attached hydrogens (tertiary/aromatic N) is 2. The Bertz CT molecular complexity index is 693. The Morgan fingerprint density at radius 1 is 1.43 bits per heavy atom. The molecule has 2 aromatic rings. The highest BCUT2D eigenvalue weighted by atomic mass is 19.1. The van der Waals surface area contributed by atoms with Gasteiger partial charge in [0.25, 0.3) is 0 Å². The first-order chi connectivity index (χ1) is 10.1. The normalized spacial score (nSPS) is 16.7. The first-order valence-corrected chi connectivity index (χ1v) is 6.43. The van der Waals surface area contributed by atoms with Crippen molar-refractivity contribution in [1.29, 1.82) is 0 Å². The Morgan fingerprint density at radius 2 is 2.29 bits per heavy atom. The summed E-state index contributed by atoms with van der Waals surface area (Å²) < 4.78 is 18.9. The molecule has 0 saturated heterocycles. The lowest BCUT2D eigenvalue weighted by Gasteiger charge is -2.26. The molecule has 1 aliphatic rings. The fraction of sp³-hybridized carbons (Fsp3) is 0.214. The number of pyridine rings is 1. The monoisotopic (exact) mass is 289 g/mol. The number of ether oxygens (including phenoxy) is 1. The average molecular weight is 289 g/mol. The van der Waals surface area contributed by atoms with Crippen LogP contribution in [0.4, 0.5) is 15.9 Å². The molecule has 1 aromatic heterocycles. The van der Waals surface area contributed by atoms with Crippen LogP contribution in [-0.2, 0) is 0 Å². The van der Waals surface area contributed by atoms with Gasteiger partial charge in [-0.15, -0.1) is 0 Å². The molecule has 21 heavy (non-hydrogen) atoms. The van der Waals surface area contributed by atoms with E-state index in [4.69, 9.17) is 4.74 Å². The van der Waals surface area contributed by atoms with Crippen LogP contribution in [0.3, 0.4) is 0 Å². The lowest BCUT2D eigenvalue weighted by atomic mass is 10.0. The maximum atomic E-state index is 13.4. The summed E-state index contributed by atoms with van der Waals surface area (Å²) in [5.74, 6) is 0.380. The van der Waals surface area contributed by atoms with Crippen molar-refractivity contribution in [2.24, 2.45) is 0 Å². The van der Waals surface area contributed by atoms with Crippen molar-refractivity contribution >= 4 is 11.5 Å². The van der Waals surface area contributed by atoms with Crippen molar-refractivity contribution in [2.75, 3.05) is 11.9 Å². The second-order valence-corrected chi connectivity index (χ2v) is 4.64. The van der Waals surface area contributed by atoms with Crippen LogP contribution < -0.4 is 10.1 Å². The molecule has 1 atom stereocenters. The number of aromatic nitrogens is 1. The van der Waals surface area contributed by atoms with Crippen LogP contribution in [-0.4, -0.2) is 16.5 Å². The van der Waals surface area contributed by atoms with Crippen molar-refractivity contribution in [3.8, 4) is 5.75 Å². The summed E-state index contributed by atoms with van der Waals surface area (Å²) >= 11 is 0. The third kappa shape index (κ3) is 2.62. The lowest BCUT2D eigenvalue weighted by molar-refractivity contribution is -0.384. The van der Waals surface area contributed by atoms with Crippen LogP contribution in [0, 0.1) is 15.9 Å². The Hall–Kier alpha value is -2.70. The van der Waals surface area contributed by atoms with Crippen molar-refractivity contribution in [3.63, 3.8) is 0 Å². The van der Waals surface area contributed by atoms with Gasteiger partial charge in [-0.05, 0) is 24.3 Å². The van der Waals surface area contributed by atoms with Crippen LogP contribution in [0.15, 0.2) is 36.5 Å². The molecule has 0 aliphatic carbocycles. The van der Waals surface area contributed by atoms with Crippen LogP contribution in [0.25, 0.3) is 0 Å². The predicted octanol–water partition coefficient (Wildman–Crippen LogP) is 3.06. The van der Waals surface area contributed by atoms with E-state index < -0.39 is 4.92 Å². The molecule has 0 fully saturated rings. The van der Waals surface area contributed by atoms with E-state index >= 15 is 0 Å². The predicted molar refractivity (Wildman–Crippen MR) is 73.8 cm³/mol. The molecule has 1 aliphatic heterocycles. The van der Waals surface area contributed by atoms with E-state index in [0.717, 1.165) is 0 Å². The van der Waals surface area contributed by atoms with Gasteiger partial charge in [0.15, 0.2) is 0 Å². The Balaban J connectivity index is 1.94. The van der Waals surface area contributed by atoms with E-state index in [0.29, 0.717) is 24.3 Å². The molecule has 7 heteroatoms. The van der Waals surface area contributed by atoms with Crippen LogP contribution in [0.2, 0.25) is 0 Å².